The first-order valence-corrected chi connectivity index (χ1v) is 7.29. The third-order valence-electron chi connectivity index (χ3n) is 3.73. The fourth-order valence-electron chi connectivity index (χ4n) is 2.43. The lowest BCUT2D eigenvalue weighted by Gasteiger charge is -2.09. The molecule has 3 nitrogen and oxygen atoms in total. The van der Waals surface area contributed by atoms with Crippen LogP contribution in [0.25, 0.3) is 10.8 Å². The van der Waals surface area contributed by atoms with Gasteiger partial charge in [0.25, 0.3) is 5.91 Å². The zero-order chi connectivity index (χ0) is 15.5. The second-order valence-electron chi connectivity index (χ2n) is 5.22. The molecule has 0 atom stereocenters. The van der Waals surface area contributed by atoms with Gasteiger partial charge in [-0.05, 0) is 47.0 Å². The minimum atomic E-state index is -0.312. The Morgan fingerprint density at radius 3 is 2.27 bits per heavy atom. The number of amides is 1. The van der Waals surface area contributed by atoms with Gasteiger partial charge >= 0.3 is 0 Å². The van der Waals surface area contributed by atoms with Crippen molar-refractivity contribution in [3.63, 3.8) is 0 Å². The number of phenolic OH excluding ortho intramolecular Hbond substituents is 1. The summed E-state index contributed by atoms with van der Waals surface area (Å²) in [7, 11) is 0. The number of aryl methyl sites for hydroxylation is 1. The Morgan fingerprint density at radius 1 is 1.00 bits per heavy atom. The molecule has 3 heteroatoms. The second kappa shape index (κ2) is 5.90. The van der Waals surface area contributed by atoms with Gasteiger partial charge in [0, 0.05) is 5.69 Å². The normalized spacial score (nSPS) is 10.6. The molecule has 3 aromatic carbocycles. The van der Waals surface area contributed by atoms with Gasteiger partial charge in [-0.25, -0.2) is 0 Å². The minimum Gasteiger partial charge on any atom is -0.507 e. The predicted octanol–water partition coefficient (Wildman–Crippen LogP) is 4.36. The van der Waals surface area contributed by atoms with Gasteiger partial charge in [0.15, 0.2) is 0 Å². The Morgan fingerprint density at radius 2 is 1.64 bits per heavy atom. The number of carbonyl (C=O) groups is 1. The lowest BCUT2D eigenvalue weighted by atomic mass is 10.1. The van der Waals surface area contributed by atoms with Crippen molar-refractivity contribution in [2.45, 2.75) is 13.3 Å². The average Bonchev–Trinajstić information content (AvgIpc) is 2.54. The van der Waals surface area contributed by atoms with E-state index >= 15 is 0 Å². The molecule has 0 aliphatic heterocycles. The van der Waals surface area contributed by atoms with E-state index in [1.165, 1.54) is 5.56 Å². The first kappa shape index (κ1) is 14.1. The molecular formula is C19H17NO2. The molecule has 2 N–H and O–H groups in total. The van der Waals surface area contributed by atoms with E-state index in [9.17, 15) is 9.90 Å². The molecule has 1 amide bonds. The molecule has 3 aromatic rings. The number of carbonyl (C=O) groups excluding carboxylic acids is 1. The number of aromatic hydroxyl groups is 1. The van der Waals surface area contributed by atoms with Crippen LogP contribution in [0.3, 0.4) is 0 Å². The number of hydrogen-bond acceptors (Lipinski definition) is 2. The molecular weight excluding hydrogens is 274 g/mol. The molecule has 0 heterocycles. The number of hydrogen-bond donors (Lipinski definition) is 2. The molecule has 0 aliphatic rings. The van der Waals surface area contributed by atoms with Crippen molar-refractivity contribution < 1.29 is 9.90 Å². The zero-order valence-corrected chi connectivity index (χ0v) is 12.3. The molecule has 0 unspecified atom stereocenters. The summed E-state index contributed by atoms with van der Waals surface area (Å²) in [4.78, 5) is 12.4. The fraction of sp³-hybridized carbons (Fsp3) is 0.105. The van der Waals surface area contributed by atoms with Crippen molar-refractivity contribution in [2.75, 3.05) is 5.32 Å². The van der Waals surface area contributed by atoms with Gasteiger partial charge < -0.3 is 10.4 Å². The van der Waals surface area contributed by atoms with Crippen LogP contribution in [0.15, 0.2) is 60.7 Å². The van der Waals surface area contributed by atoms with Crippen LogP contribution in [-0.4, -0.2) is 11.0 Å². The van der Waals surface area contributed by atoms with Crippen molar-refractivity contribution in [1.82, 2.24) is 0 Å². The highest BCUT2D eigenvalue weighted by atomic mass is 16.3. The van der Waals surface area contributed by atoms with Crippen molar-refractivity contribution in [2.24, 2.45) is 0 Å². The van der Waals surface area contributed by atoms with E-state index in [-0.39, 0.29) is 17.2 Å². The van der Waals surface area contributed by atoms with Crippen LogP contribution in [0.2, 0.25) is 0 Å². The molecule has 3 rings (SSSR count). The summed E-state index contributed by atoms with van der Waals surface area (Å²) in [6.45, 7) is 2.08. The topological polar surface area (TPSA) is 49.3 Å². The number of benzene rings is 3. The van der Waals surface area contributed by atoms with Crippen LogP contribution < -0.4 is 5.32 Å². The Labute approximate surface area is 129 Å². The smallest absolute Gasteiger partial charge is 0.259 e. The lowest BCUT2D eigenvalue weighted by Crippen LogP contribution is -2.12. The van der Waals surface area contributed by atoms with Crippen LogP contribution in [0.1, 0.15) is 22.8 Å². The van der Waals surface area contributed by atoms with E-state index in [0.717, 1.165) is 22.9 Å². The molecule has 0 fully saturated rings. The highest BCUT2D eigenvalue weighted by Crippen LogP contribution is 2.25. The van der Waals surface area contributed by atoms with E-state index in [1.807, 2.05) is 48.5 Å². The standard InChI is InChI=1S/C19H17NO2/c1-2-13-7-9-16(10-8-13)20-19(22)17-11-14-5-3-4-6-15(14)12-18(17)21/h3-12,21H,2H2,1H3,(H,20,22). The van der Waals surface area contributed by atoms with Crippen LogP contribution in [0.4, 0.5) is 5.69 Å². The first-order valence-electron chi connectivity index (χ1n) is 7.29. The molecule has 22 heavy (non-hydrogen) atoms. The molecule has 0 radical (unpaired) electrons. The SMILES string of the molecule is CCc1ccc(NC(=O)c2cc3ccccc3cc2O)cc1. The fourth-order valence-corrected chi connectivity index (χ4v) is 2.43. The van der Waals surface area contributed by atoms with Crippen LogP contribution in [0.5, 0.6) is 5.75 Å². The minimum absolute atomic E-state index is 0.0126. The van der Waals surface area contributed by atoms with Gasteiger partial charge in [-0.15, -0.1) is 0 Å². The Hall–Kier alpha value is -2.81. The summed E-state index contributed by atoms with van der Waals surface area (Å²) in [5.41, 5.74) is 2.21. The maximum absolute atomic E-state index is 12.4. The maximum Gasteiger partial charge on any atom is 0.259 e. The molecule has 0 saturated heterocycles. The van der Waals surface area contributed by atoms with Gasteiger partial charge in [0.2, 0.25) is 0 Å². The summed E-state index contributed by atoms with van der Waals surface area (Å²) in [5.74, 6) is -0.325. The quantitative estimate of drug-likeness (QED) is 0.753. The summed E-state index contributed by atoms with van der Waals surface area (Å²) < 4.78 is 0. The van der Waals surface area contributed by atoms with E-state index in [1.54, 1.807) is 12.1 Å². The first-order chi connectivity index (χ1) is 10.7. The third-order valence-corrected chi connectivity index (χ3v) is 3.73. The molecule has 0 aliphatic carbocycles. The molecule has 0 saturated carbocycles. The van der Waals surface area contributed by atoms with Gasteiger partial charge in [-0.3, -0.25) is 4.79 Å². The zero-order valence-electron chi connectivity index (χ0n) is 12.3. The summed E-state index contributed by atoms with van der Waals surface area (Å²) in [6, 6.07) is 18.7. The van der Waals surface area contributed by atoms with Crippen molar-refractivity contribution >= 4 is 22.4 Å². The Balaban J connectivity index is 1.89. The number of anilines is 1. The average molecular weight is 291 g/mol. The third kappa shape index (κ3) is 2.79. The summed E-state index contributed by atoms with van der Waals surface area (Å²) >= 11 is 0. The van der Waals surface area contributed by atoms with Gasteiger partial charge in [-0.2, -0.15) is 0 Å². The monoisotopic (exact) mass is 291 g/mol. The summed E-state index contributed by atoms with van der Waals surface area (Å²) in [6.07, 6.45) is 0.958. The van der Waals surface area contributed by atoms with Gasteiger partial charge in [0.1, 0.15) is 5.75 Å². The van der Waals surface area contributed by atoms with Crippen molar-refractivity contribution in [3.05, 3.63) is 71.8 Å². The Bertz CT molecular complexity index is 822. The largest absolute Gasteiger partial charge is 0.507 e. The predicted molar refractivity (Wildman–Crippen MR) is 89.4 cm³/mol. The molecule has 0 spiro atoms. The van der Waals surface area contributed by atoms with Crippen LogP contribution in [0, 0.1) is 0 Å². The van der Waals surface area contributed by atoms with Crippen molar-refractivity contribution in [3.8, 4) is 5.75 Å². The molecule has 0 bridgehead atoms. The summed E-state index contributed by atoms with van der Waals surface area (Å²) in [5, 5.41) is 14.7. The molecule has 0 aromatic heterocycles. The van der Waals surface area contributed by atoms with E-state index < -0.39 is 0 Å². The van der Waals surface area contributed by atoms with E-state index in [2.05, 4.69) is 12.2 Å². The number of nitrogens with one attached hydrogen (secondary N) is 1. The van der Waals surface area contributed by atoms with Gasteiger partial charge in [0.05, 0.1) is 5.56 Å². The highest BCUT2D eigenvalue weighted by molar-refractivity contribution is 6.08. The van der Waals surface area contributed by atoms with E-state index in [4.69, 9.17) is 0 Å². The highest BCUT2D eigenvalue weighted by Gasteiger charge is 2.12. The van der Waals surface area contributed by atoms with Crippen LogP contribution in [-0.2, 0) is 6.42 Å². The molecule has 110 valence electrons. The van der Waals surface area contributed by atoms with E-state index in [0.29, 0.717) is 0 Å². The van der Waals surface area contributed by atoms with Crippen molar-refractivity contribution in [1.29, 1.82) is 0 Å². The lowest BCUT2D eigenvalue weighted by molar-refractivity contribution is 0.102. The van der Waals surface area contributed by atoms with Gasteiger partial charge in [-0.1, -0.05) is 43.3 Å². The number of fused-ring (bicyclic) bond motifs is 1. The Kier molecular flexibility index (Phi) is 3.79. The number of rotatable bonds is 3. The second-order valence-corrected chi connectivity index (χ2v) is 5.22. The number of phenols is 1. The maximum atomic E-state index is 12.4. The van der Waals surface area contributed by atoms with Crippen LogP contribution >= 0.6 is 0 Å².